The van der Waals surface area contributed by atoms with Gasteiger partial charge in [-0.1, -0.05) is 30.3 Å². The first-order valence-corrected chi connectivity index (χ1v) is 9.00. The van der Waals surface area contributed by atoms with Gasteiger partial charge in [-0.3, -0.25) is 14.5 Å². The number of aromatic nitrogens is 2. The Morgan fingerprint density at radius 3 is 2.59 bits per heavy atom. The van der Waals surface area contributed by atoms with Crippen LogP contribution in [0.2, 0.25) is 0 Å². The fourth-order valence-electron chi connectivity index (χ4n) is 3.07. The monoisotopic (exact) mass is 367 g/mol. The van der Waals surface area contributed by atoms with Gasteiger partial charge in [0.15, 0.2) is 5.78 Å². The average molecular weight is 367 g/mol. The van der Waals surface area contributed by atoms with Crippen LogP contribution in [0.3, 0.4) is 0 Å². The van der Waals surface area contributed by atoms with E-state index in [1.165, 1.54) is 0 Å². The molecule has 2 heterocycles. The van der Waals surface area contributed by atoms with Crippen LogP contribution in [0.25, 0.3) is 0 Å². The van der Waals surface area contributed by atoms with Crippen LogP contribution in [0.1, 0.15) is 48.4 Å². The molecule has 0 bridgehead atoms. The lowest BCUT2D eigenvalue weighted by atomic mass is 9.97. The third kappa shape index (κ3) is 4.49. The molecule has 1 aromatic carbocycles. The van der Waals surface area contributed by atoms with Crippen LogP contribution in [-0.4, -0.2) is 52.0 Å². The van der Waals surface area contributed by atoms with Crippen LogP contribution in [0.4, 0.5) is 5.82 Å². The third-order valence-corrected chi connectivity index (χ3v) is 4.42. The highest BCUT2D eigenvalue weighted by Crippen LogP contribution is 2.25. The van der Waals surface area contributed by atoms with E-state index in [-0.39, 0.29) is 28.4 Å². The molecule has 7 heteroatoms. The minimum atomic E-state index is -0.319. The number of ketones is 1. The number of hydrogen-bond acceptors (Lipinski definition) is 6. The van der Waals surface area contributed by atoms with E-state index in [0.29, 0.717) is 36.8 Å². The summed E-state index contributed by atoms with van der Waals surface area (Å²) in [4.78, 5) is 34.0. The zero-order valence-electron chi connectivity index (χ0n) is 15.9. The van der Waals surface area contributed by atoms with Crippen LogP contribution in [0.5, 0.6) is 0 Å². The minimum Gasteiger partial charge on any atom is -0.365 e. The lowest BCUT2D eigenvalue weighted by Crippen LogP contribution is -2.48. The molecule has 1 fully saturated rings. The average Bonchev–Trinajstić information content (AvgIpc) is 2.56. The number of aromatic amines is 1. The molecule has 27 heavy (non-hydrogen) atoms. The van der Waals surface area contributed by atoms with Crippen LogP contribution < -0.4 is 10.9 Å². The Bertz CT molecular complexity index is 893. The SMILES string of the molecule is CC(C)(C)Nc1nc(C2CN(CC(=O)c3ccccc3)C2)[nH]c(=O)c1C=N. The molecule has 1 saturated heterocycles. The fraction of sp³-hybridized carbons (Fsp3) is 0.400. The summed E-state index contributed by atoms with van der Waals surface area (Å²) in [6.07, 6.45) is 1.02. The Balaban J connectivity index is 1.69. The molecule has 1 aliphatic rings. The van der Waals surface area contributed by atoms with Crippen molar-refractivity contribution in [1.29, 1.82) is 5.41 Å². The molecule has 0 spiro atoms. The largest absolute Gasteiger partial charge is 0.365 e. The topological polar surface area (TPSA) is 102 Å². The summed E-state index contributed by atoms with van der Waals surface area (Å²) in [6.45, 7) is 7.62. The highest BCUT2D eigenvalue weighted by molar-refractivity contribution is 5.97. The Morgan fingerprint density at radius 1 is 1.33 bits per heavy atom. The molecule has 0 radical (unpaired) electrons. The lowest BCUT2D eigenvalue weighted by Gasteiger charge is -2.38. The zero-order chi connectivity index (χ0) is 19.6. The first-order valence-electron chi connectivity index (χ1n) is 9.00. The number of anilines is 1. The van der Waals surface area contributed by atoms with E-state index in [4.69, 9.17) is 5.41 Å². The number of carbonyl (C=O) groups excluding carboxylic acids is 1. The molecule has 0 aliphatic carbocycles. The summed E-state index contributed by atoms with van der Waals surface area (Å²) in [7, 11) is 0. The number of nitrogens with zero attached hydrogens (tertiary/aromatic N) is 2. The van der Waals surface area contributed by atoms with Crippen LogP contribution in [0, 0.1) is 5.41 Å². The smallest absolute Gasteiger partial charge is 0.261 e. The highest BCUT2D eigenvalue weighted by atomic mass is 16.1. The molecule has 142 valence electrons. The van der Waals surface area contributed by atoms with E-state index < -0.39 is 0 Å². The number of Topliss-reactive ketones (excluding diaryl/α,β-unsaturated/α-hetero) is 1. The van der Waals surface area contributed by atoms with Crippen molar-refractivity contribution in [2.75, 3.05) is 25.0 Å². The maximum atomic E-state index is 12.3. The van der Waals surface area contributed by atoms with Gasteiger partial charge >= 0.3 is 0 Å². The zero-order valence-corrected chi connectivity index (χ0v) is 15.9. The van der Waals surface area contributed by atoms with Crippen molar-refractivity contribution in [2.45, 2.75) is 32.2 Å². The van der Waals surface area contributed by atoms with Crippen LogP contribution in [0.15, 0.2) is 35.1 Å². The summed E-state index contributed by atoms with van der Waals surface area (Å²) in [5, 5.41) is 10.7. The van der Waals surface area contributed by atoms with E-state index in [2.05, 4.69) is 15.3 Å². The van der Waals surface area contributed by atoms with E-state index in [1.807, 2.05) is 56.0 Å². The number of nitrogens with one attached hydrogen (secondary N) is 3. The van der Waals surface area contributed by atoms with E-state index in [1.54, 1.807) is 0 Å². The van der Waals surface area contributed by atoms with Gasteiger partial charge in [0, 0.05) is 36.3 Å². The molecule has 0 atom stereocenters. The Morgan fingerprint density at radius 2 is 2.00 bits per heavy atom. The summed E-state index contributed by atoms with van der Waals surface area (Å²) < 4.78 is 0. The van der Waals surface area contributed by atoms with Gasteiger partial charge in [-0.05, 0) is 20.8 Å². The standard InChI is InChI=1S/C20H25N5O2/c1-20(2,3)24-18-15(9-21)19(27)23-17(22-18)14-10-25(11-14)12-16(26)13-7-5-4-6-8-13/h4-9,14,21H,10-12H2,1-3H3,(H2,22,23,24,27). The predicted molar refractivity (Wildman–Crippen MR) is 106 cm³/mol. The van der Waals surface area contributed by atoms with Crippen LogP contribution >= 0.6 is 0 Å². The molecule has 0 saturated carbocycles. The van der Waals surface area contributed by atoms with E-state index in [9.17, 15) is 9.59 Å². The summed E-state index contributed by atoms with van der Waals surface area (Å²) in [5.41, 5.74) is 0.341. The summed E-state index contributed by atoms with van der Waals surface area (Å²) in [5.74, 6) is 1.18. The lowest BCUT2D eigenvalue weighted by molar-refractivity contribution is 0.0830. The quantitative estimate of drug-likeness (QED) is 0.537. The number of carbonyl (C=O) groups is 1. The van der Waals surface area contributed by atoms with Crippen molar-refractivity contribution in [3.63, 3.8) is 0 Å². The van der Waals surface area contributed by atoms with E-state index >= 15 is 0 Å². The molecule has 1 aromatic heterocycles. The predicted octanol–water partition coefficient (Wildman–Crippen LogP) is 2.26. The van der Waals surface area contributed by atoms with Crippen molar-refractivity contribution in [1.82, 2.24) is 14.9 Å². The van der Waals surface area contributed by atoms with Crippen molar-refractivity contribution < 1.29 is 4.79 Å². The normalized spacial score (nSPS) is 15.2. The number of benzene rings is 1. The van der Waals surface area contributed by atoms with Crippen LogP contribution in [-0.2, 0) is 0 Å². The Kier molecular flexibility index (Phi) is 5.23. The molecule has 3 N–H and O–H groups in total. The molecule has 2 aromatic rings. The maximum Gasteiger partial charge on any atom is 0.261 e. The van der Waals surface area contributed by atoms with Crippen molar-refractivity contribution in [3.05, 3.63) is 57.6 Å². The maximum absolute atomic E-state index is 12.3. The first kappa shape index (κ1) is 19.0. The molecule has 3 rings (SSSR count). The summed E-state index contributed by atoms with van der Waals surface area (Å²) >= 11 is 0. The Hall–Kier alpha value is -2.80. The second-order valence-electron chi connectivity index (χ2n) is 7.91. The van der Waals surface area contributed by atoms with Crippen molar-refractivity contribution in [3.8, 4) is 0 Å². The third-order valence-electron chi connectivity index (χ3n) is 4.42. The molecule has 0 unspecified atom stereocenters. The van der Waals surface area contributed by atoms with Gasteiger partial charge < -0.3 is 15.7 Å². The van der Waals surface area contributed by atoms with Crippen molar-refractivity contribution in [2.24, 2.45) is 0 Å². The van der Waals surface area contributed by atoms with Gasteiger partial charge in [0.1, 0.15) is 11.6 Å². The van der Waals surface area contributed by atoms with Gasteiger partial charge in [-0.2, -0.15) is 0 Å². The fourth-order valence-corrected chi connectivity index (χ4v) is 3.07. The van der Waals surface area contributed by atoms with Gasteiger partial charge in [0.05, 0.1) is 12.1 Å². The number of likely N-dealkylation sites (tertiary alicyclic amines) is 1. The van der Waals surface area contributed by atoms with Gasteiger partial charge in [0.25, 0.3) is 5.56 Å². The van der Waals surface area contributed by atoms with E-state index in [0.717, 1.165) is 6.21 Å². The highest BCUT2D eigenvalue weighted by Gasteiger charge is 2.32. The molecule has 1 aliphatic heterocycles. The molecule has 7 nitrogen and oxygen atoms in total. The second-order valence-corrected chi connectivity index (χ2v) is 7.91. The first-order chi connectivity index (χ1) is 12.8. The molecular weight excluding hydrogens is 342 g/mol. The number of rotatable bonds is 6. The van der Waals surface area contributed by atoms with Crippen molar-refractivity contribution >= 4 is 17.8 Å². The van der Waals surface area contributed by atoms with Gasteiger partial charge in [-0.15, -0.1) is 0 Å². The van der Waals surface area contributed by atoms with Gasteiger partial charge in [-0.25, -0.2) is 4.98 Å². The second kappa shape index (κ2) is 7.44. The molecular formula is C20H25N5O2. The molecule has 0 amide bonds. The number of H-pyrrole nitrogens is 1. The minimum absolute atomic E-state index is 0.0709. The summed E-state index contributed by atoms with van der Waals surface area (Å²) in [6, 6.07) is 9.24. The van der Waals surface area contributed by atoms with Gasteiger partial charge in [0.2, 0.25) is 0 Å². The number of hydrogen-bond donors (Lipinski definition) is 3. The Labute approximate surface area is 158 Å².